The molecule has 4 aromatic rings. The Hall–Kier alpha value is -4.10. The lowest BCUT2D eigenvalue weighted by molar-refractivity contribution is -0.274. The Bertz CT molecular complexity index is 1520. The van der Waals surface area contributed by atoms with Gasteiger partial charge in [-0.2, -0.15) is 0 Å². The van der Waals surface area contributed by atoms with Crippen LogP contribution in [0.25, 0.3) is 11.3 Å². The van der Waals surface area contributed by atoms with E-state index >= 15 is 0 Å². The second-order valence-electron chi connectivity index (χ2n) is 7.92. The molecule has 4 rings (SSSR count). The Morgan fingerprint density at radius 2 is 1.74 bits per heavy atom. The molecule has 1 aromatic heterocycles. The third-order valence-electron chi connectivity index (χ3n) is 4.88. The molecule has 0 unspecified atom stereocenters. The lowest BCUT2D eigenvalue weighted by atomic mass is 10.1. The van der Waals surface area contributed by atoms with Crippen molar-refractivity contribution in [3.8, 4) is 22.8 Å². The molecular formula is C25H20F3N3O5S2. The van der Waals surface area contributed by atoms with E-state index in [9.17, 15) is 26.4 Å². The monoisotopic (exact) mass is 563 g/mol. The van der Waals surface area contributed by atoms with Crippen molar-refractivity contribution in [2.24, 2.45) is 0 Å². The Kier molecular flexibility index (Phi) is 7.88. The molecule has 0 atom stereocenters. The maximum absolute atomic E-state index is 12.9. The molecule has 0 saturated carbocycles. The van der Waals surface area contributed by atoms with Crippen molar-refractivity contribution in [2.45, 2.75) is 13.0 Å². The molecule has 0 bridgehead atoms. The fraction of sp³-hybridized carbons (Fsp3) is 0.120. The summed E-state index contributed by atoms with van der Waals surface area (Å²) in [5, 5.41) is 4.51. The van der Waals surface area contributed by atoms with Crippen LogP contribution in [0, 0.1) is 0 Å². The summed E-state index contributed by atoms with van der Waals surface area (Å²) >= 11 is 1.11. The highest BCUT2D eigenvalue weighted by atomic mass is 32.2. The number of nitrogens with one attached hydrogen (secondary N) is 2. The quantitative estimate of drug-likeness (QED) is 0.262. The van der Waals surface area contributed by atoms with Crippen molar-refractivity contribution >= 4 is 38.1 Å². The highest BCUT2D eigenvalue weighted by Crippen LogP contribution is 2.30. The van der Waals surface area contributed by atoms with Crippen molar-refractivity contribution < 1.29 is 35.9 Å². The number of hydrogen-bond acceptors (Lipinski definition) is 7. The fourth-order valence-corrected chi connectivity index (χ4v) is 4.55. The summed E-state index contributed by atoms with van der Waals surface area (Å²) in [5.74, 6) is -0.670. The maximum atomic E-state index is 12.9. The summed E-state index contributed by atoms with van der Waals surface area (Å²) in [6.45, 7) is 0.191. The van der Waals surface area contributed by atoms with Crippen molar-refractivity contribution in [3.63, 3.8) is 0 Å². The molecule has 198 valence electrons. The molecule has 38 heavy (non-hydrogen) atoms. The van der Waals surface area contributed by atoms with Gasteiger partial charge in [0.15, 0.2) is 5.13 Å². The fourth-order valence-electron chi connectivity index (χ4n) is 3.27. The first kappa shape index (κ1) is 26.9. The molecule has 0 aliphatic rings. The minimum Gasteiger partial charge on any atom is -0.487 e. The van der Waals surface area contributed by atoms with Crippen LogP contribution in [0.5, 0.6) is 11.5 Å². The van der Waals surface area contributed by atoms with Crippen LogP contribution in [0.4, 0.5) is 24.0 Å². The molecule has 0 radical (unpaired) electrons. The summed E-state index contributed by atoms with van der Waals surface area (Å²) in [6, 6.07) is 18.8. The number of ether oxygens (including phenoxy) is 2. The molecule has 0 aliphatic carbocycles. The first-order chi connectivity index (χ1) is 17.9. The summed E-state index contributed by atoms with van der Waals surface area (Å²) in [5.41, 5.74) is 2.08. The van der Waals surface area contributed by atoms with Gasteiger partial charge < -0.3 is 9.47 Å². The first-order valence-electron chi connectivity index (χ1n) is 10.9. The van der Waals surface area contributed by atoms with Gasteiger partial charge in [0, 0.05) is 16.5 Å². The van der Waals surface area contributed by atoms with Gasteiger partial charge in [0.05, 0.1) is 17.6 Å². The van der Waals surface area contributed by atoms with Crippen LogP contribution in [-0.2, 0) is 16.6 Å². The number of nitrogens with zero attached hydrogens (tertiary/aromatic N) is 1. The van der Waals surface area contributed by atoms with E-state index in [0.717, 1.165) is 35.3 Å². The Morgan fingerprint density at radius 3 is 2.39 bits per heavy atom. The number of benzene rings is 3. The summed E-state index contributed by atoms with van der Waals surface area (Å²) in [7, 11) is -3.67. The highest BCUT2D eigenvalue weighted by Gasteiger charge is 2.31. The van der Waals surface area contributed by atoms with Gasteiger partial charge in [-0.25, -0.2) is 13.4 Å². The first-order valence-corrected chi connectivity index (χ1v) is 13.6. The highest BCUT2D eigenvalue weighted by molar-refractivity contribution is 7.92. The molecular weight excluding hydrogens is 543 g/mol. The van der Waals surface area contributed by atoms with Crippen LogP contribution in [0.3, 0.4) is 0 Å². The molecule has 0 spiro atoms. The minimum atomic E-state index is -4.79. The summed E-state index contributed by atoms with van der Waals surface area (Å²) < 4.78 is 72.8. The second kappa shape index (κ2) is 11.1. The van der Waals surface area contributed by atoms with E-state index in [0.29, 0.717) is 11.3 Å². The van der Waals surface area contributed by atoms with Crippen molar-refractivity contribution in [3.05, 3.63) is 89.3 Å². The van der Waals surface area contributed by atoms with Crippen LogP contribution in [0.15, 0.2) is 78.2 Å². The van der Waals surface area contributed by atoms with Gasteiger partial charge in [0.25, 0.3) is 5.91 Å². The van der Waals surface area contributed by atoms with Crippen LogP contribution < -0.4 is 19.5 Å². The Labute approximate surface area is 220 Å². The largest absolute Gasteiger partial charge is 0.573 e. The molecule has 0 fully saturated rings. The molecule has 8 nitrogen and oxygen atoms in total. The normalized spacial score (nSPS) is 11.6. The van der Waals surface area contributed by atoms with Crippen molar-refractivity contribution in [2.75, 3.05) is 16.3 Å². The van der Waals surface area contributed by atoms with Crippen LogP contribution in [-0.4, -0.2) is 31.9 Å². The smallest absolute Gasteiger partial charge is 0.487 e. The van der Waals surface area contributed by atoms with E-state index < -0.39 is 22.3 Å². The molecule has 0 aliphatic heterocycles. The molecule has 1 amide bonds. The zero-order valence-electron chi connectivity index (χ0n) is 19.7. The molecule has 13 heteroatoms. The van der Waals surface area contributed by atoms with E-state index in [-0.39, 0.29) is 34.5 Å². The number of sulfonamides is 1. The lowest BCUT2D eigenvalue weighted by Gasteiger charge is -2.14. The number of hydrogen-bond donors (Lipinski definition) is 2. The Balaban J connectivity index is 1.47. The van der Waals surface area contributed by atoms with Gasteiger partial charge in [0.2, 0.25) is 10.0 Å². The molecule has 3 aromatic carbocycles. The van der Waals surface area contributed by atoms with Gasteiger partial charge >= 0.3 is 6.36 Å². The lowest BCUT2D eigenvalue weighted by Crippen LogP contribution is -2.16. The second-order valence-corrected chi connectivity index (χ2v) is 10.5. The van der Waals surface area contributed by atoms with Gasteiger partial charge in [-0.1, -0.05) is 30.3 Å². The zero-order valence-corrected chi connectivity index (χ0v) is 21.3. The van der Waals surface area contributed by atoms with Crippen LogP contribution >= 0.6 is 11.3 Å². The maximum Gasteiger partial charge on any atom is 0.573 e. The predicted octanol–water partition coefficient (Wildman–Crippen LogP) is 5.91. The summed E-state index contributed by atoms with van der Waals surface area (Å²) in [4.78, 5) is 17.2. The number of alkyl halides is 3. The Morgan fingerprint density at radius 1 is 1.03 bits per heavy atom. The van der Waals surface area contributed by atoms with Crippen LogP contribution in [0.1, 0.15) is 15.9 Å². The number of carbonyl (C=O) groups is 1. The predicted molar refractivity (Wildman–Crippen MR) is 138 cm³/mol. The average Bonchev–Trinajstić information content (AvgIpc) is 3.31. The van der Waals surface area contributed by atoms with E-state index in [1.165, 1.54) is 30.3 Å². The number of aromatic nitrogens is 1. The number of rotatable bonds is 9. The topological polar surface area (TPSA) is 107 Å². The van der Waals surface area contributed by atoms with E-state index in [1.54, 1.807) is 5.38 Å². The number of anilines is 2. The molecule has 2 N–H and O–H groups in total. The molecule has 1 heterocycles. The third-order valence-corrected chi connectivity index (χ3v) is 6.23. The SMILES string of the molecule is CS(=O)(=O)Nc1cc(C(=O)Nc2nc(-c3ccc(OC(F)(F)F)cc3)cs2)ccc1OCc1ccccc1. The zero-order chi connectivity index (χ0) is 27.3. The van der Waals surface area contributed by atoms with E-state index in [1.807, 2.05) is 30.3 Å². The number of amides is 1. The molecule has 0 saturated heterocycles. The van der Waals surface area contributed by atoms with Gasteiger partial charge in [0.1, 0.15) is 18.1 Å². The van der Waals surface area contributed by atoms with E-state index in [2.05, 4.69) is 19.8 Å². The standard InChI is InChI=1S/C25H20F3N3O5S2/c1-38(33,34)31-20-13-18(9-12-22(20)35-14-16-5-3-2-4-6-16)23(32)30-24-29-21(15-37-24)17-7-10-19(11-8-17)36-25(26,27)28/h2-13,15,31H,14H2,1H3,(H,29,30,32). The number of thiazole rings is 1. The van der Waals surface area contributed by atoms with Crippen molar-refractivity contribution in [1.29, 1.82) is 0 Å². The van der Waals surface area contributed by atoms with Gasteiger partial charge in [-0.3, -0.25) is 14.8 Å². The van der Waals surface area contributed by atoms with E-state index in [4.69, 9.17) is 4.74 Å². The minimum absolute atomic E-state index is 0.0945. The van der Waals surface area contributed by atoms with Crippen LogP contribution in [0.2, 0.25) is 0 Å². The number of carbonyl (C=O) groups excluding carboxylic acids is 1. The van der Waals surface area contributed by atoms with Crippen molar-refractivity contribution in [1.82, 2.24) is 4.98 Å². The summed E-state index contributed by atoms with van der Waals surface area (Å²) in [6.07, 6.45) is -3.80. The van der Waals surface area contributed by atoms with Gasteiger partial charge in [-0.05, 0) is 48.0 Å². The number of halogens is 3. The average molecular weight is 564 g/mol. The third kappa shape index (κ3) is 7.70. The van der Waals surface area contributed by atoms with Gasteiger partial charge in [-0.15, -0.1) is 24.5 Å².